The van der Waals surface area contributed by atoms with Gasteiger partial charge in [-0.15, -0.1) is 0 Å². The minimum atomic E-state index is -0.144. The molecule has 2 rings (SSSR count). The fraction of sp³-hybridized carbons (Fsp3) is 0.231. The van der Waals surface area contributed by atoms with Crippen molar-refractivity contribution < 1.29 is 4.74 Å². The molecule has 17 heavy (non-hydrogen) atoms. The highest BCUT2D eigenvalue weighted by Crippen LogP contribution is 2.21. The van der Waals surface area contributed by atoms with Crippen LogP contribution in [0.5, 0.6) is 5.75 Å². The lowest BCUT2D eigenvalue weighted by Crippen LogP contribution is -2.08. The second-order valence-electron chi connectivity index (χ2n) is 3.68. The zero-order chi connectivity index (χ0) is 12.3. The maximum Gasteiger partial charge on any atom is 0.251 e. The highest BCUT2D eigenvalue weighted by molar-refractivity contribution is 5.60. The fourth-order valence-corrected chi connectivity index (χ4v) is 1.64. The van der Waals surface area contributed by atoms with Crippen LogP contribution in [0.15, 0.2) is 35.1 Å². The van der Waals surface area contributed by atoms with Crippen LogP contribution in [0.25, 0.3) is 11.3 Å². The van der Waals surface area contributed by atoms with Crippen molar-refractivity contribution in [3.63, 3.8) is 0 Å². The number of aryl methyl sites for hydroxylation is 1. The van der Waals surface area contributed by atoms with E-state index < -0.39 is 0 Å². The van der Waals surface area contributed by atoms with Gasteiger partial charge in [-0.2, -0.15) is 0 Å². The third-order valence-corrected chi connectivity index (χ3v) is 2.30. The summed E-state index contributed by atoms with van der Waals surface area (Å²) in [5.41, 5.74) is 1.40. The molecule has 4 nitrogen and oxygen atoms in total. The van der Waals surface area contributed by atoms with Gasteiger partial charge < -0.3 is 9.72 Å². The number of nitrogens with one attached hydrogen (secondary N) is 1. The van der Waals surface area contributed by atoms with Crippen LogP contribution >= 0.6 is 0 Å². The van der Waals surface area contributed by atoms with Crippen LogP contribution in [0.2, 0.25) is 0 Å². The summed E-state index contributed by atoms with van der Waals surface area (Å²) in [4.78, 5) is 18.3. The molecule has 0 bridgehead atoms. The first-order valence-corrected chi connectivity index (χ1v) is 5.50. The largest absolute Gasteiger partial charge is 0.494 e. The van der Waals surface area contributed by atoms with E-state index in [1.165, 1.54) is 6.07 Å². The number of aromatic nitrogens is 2. The lowest BCUT2D eigenvalue weighted by Gasteiger charge is -2.05. The number of benzene rings is 1. The first kappa shape index (κ1) is 11.4. The highest BCUT2D eigenvalue weighted by atomic mass is 16.5. The van der Waals surface area contributed by atoms with Crippen molar-refractivity contribution in [3.05, 3.63) is 46.5 Å². The van der Waals surface area contributed by atoms with Crippen molar-refractivity contribution in [3.8, 4) is 17.0 Å². The van der Waals surface area contributed by atoms with Crippen LogP contribution in [0.3, 0.4) is 0 Å². The van der Waals surface area contributed by atoms with Gasteiger partial charge in [-0.1, -0.05) is 12.1 Å². The first-order chi connectivity index (χ1) is 8.19. The number of nitrogens with zero attached hydrogens (tertiary/aromatic N) is 1. The molecule has 1 aromatic carbocycles. The summed E-state index contributed by atoms with van der Waals surface area (Å²) in [7, 11) is 0. The summed E-state index contributed by atoms with van der Waals surface area (Å²) < 4.78 is 5.41. The van der Waals surface area contributed by atoms with Gasteiger partial charge >= 0.3 is 0 Å². The van der Waals surface area contributed by atoms with E-state index >= 15 is 0 Å². The molecule has 1 aromatic heterocycles. The Labute approximate surface area is 99.3 Å². The molecule has 0 saturated heterocycles. The second kappa shape index (κ2) is 4.82. The van der Waals surface area contributed by atoms with E-state index in [1.54, 1.807) is 6.92 Å². The molecule has 0 spiro atoms. The number of rotatable bonds is 3. The van der Waals surface area contributed by atoms with Crippen molar-refractivity contribution in [1.29, 1.82) is 0 Å². The molecule has 0 unspecified atom stereocenters. The Kier molecular flexibility index (Phi) is 3.23. The van der Waals surface area contributed by atoms with E-state index in [1.807, 2.05) is 31.2 Å². The summed E-state index contributed by atoms with van der Waals surface area (Å²) in [6, 6.07) is 9.04. The normalized spacial score (nSPS) is 10.2. The molecule has 4 heteroatoms. The zero-order valence-corrected chi connectivity index (χ0v) is 9.86. The van der Waals surface area contributed by atoms with E-state index in [0.717, 1.165) is 11.3 Å². The first-order valence-electron chi connectivity index (χ1n) is 5.50. The predicted octanol–water partition coefficient (Wildman–Crippen LogP) is 2.14. The van der Waals surface area contributed by atoms with Gasteiger partial charge in [-0.3, -0.25) is 4.79 Å². The summed E-state index contributed by atoms with van der Waals surface area (Å²) in [6.07, 6.45) is 0. The molecule has 2 aromatic rings. The van der Waals surface area contributed by atoms with E-state index in [0.29, 0.717) is 18.1 Å². The Morgan fingerprint density at radius 2 is 2.18 bits per heavy atom. The van der Waals surface area contributed by atoms with Crippen LogP contribution in [-0.4, -0.2) is 16.6 Å². The average molecular weight is 230 g/mol. The van der Waals surface area contributed by atoms with Crippen LogP contribution in [0, 0.1) is 6.92 Å². The Morgan fingerprint density at radius 1 is 1.35 bits per heavy atom. The Bertz CT molecular complexity index is 576. The molecule has 0 radical (unpaired) electrons. The van der Waals surface area contributed by atoms with Gasteiger partial charge in [0, 0.05) is 11.6 Å². The van der Waals surface area contributed by atoms with Crippen LogP contribution in [-0.2, 0) is 0 Å². The van der Waals surface area contributed by atoms with Gasteiger partial charge in [0.2, 0.25) is 0 Å². The smallest absolute Gasteiger partial charge is 0.251 e. The van der Waals surface area contributed by atoms with Crippen LogP contribution in [0.4, 0.5) is 0 Å². The maximum atomic E-state index is 11.4. The topological polar surface area (TPSA) is 55.0 Å². The molecule has 0 aliphatic heterocycles. The third kappa shape index (κ3) is 2.72. The van der Waals surface area contributed by atoms with E-state index in [-0.39, 0.29) is 5.56 Å². The second-order valence-corrected chi connectivity index (χ2v) is 3.68. The molecule has 0 amide bonds. The zero-order valence-electron chi connectivity index (χ0n) is 9.86. The lowest BCUT2D eigenvalue weighted by molar-refractivity contribution is 0.340. The maximum absolute atomic E-state index is 11.4. The molecule has 0 saturated carbocycles. The van der Waals surface area contributed by atoms with Crippen LogP contribution in [0.1, 0.15) is 12.7 Å². The summed E-state index contributed by atoms with van der Waals surface area (Å²) in [5.74, 6) is 1.39. The lowest BCUT2D eigenvalue weighted by atomic mass is 10.1. The van der Waals surface area contributed by atoms with E-state index in [4.69, 9.17) is 4.74 Å². The van der Waals surface area contributed by atoms with E-state index in [9.17, 15) is 4.79 Å². The standard InChI is InChI=1S/C13H14N2O2/c1-3-17-11-6-4-5-10(7-11)12-8-13(16)15-9(2)14-12/h4-8H,3H2,1-2H3,(H,14,15,16). The summed E-state index contributed by atoms with van der Waals surface area (Å²) >= 11 is 0. The van der Waals surface area contributed by atoms with Crippen molar-refractivity contribution in [2.75, 3.05) is 6.61 Å². The third-order valence-electron chi connectivity index (χ3n) is 2.30. The van der Waals surface area contributed by atoms with E-state index in [2.05, 4.69) is 9.97 Å². The molecule has 1 N–H and O–H groups in total. The minimum absolute atomic E-state index is 0.144. The molecule has 0 atom stereocenters. The number of H-pyrrole nitrogens is 1. The summed E-state index contributed by atoms with van der Waals surface area (Å²) in [6.45, 7) is 4.31. The highest BCUT2D eigenvalue weighted by Gasteiger charge is 2.03. The minimum Gasteiger partial charge on any atom is -0.494 e. The van der Waals surface area contributed by atoms with Crippen molar-refractivity contribution in [2.45, 2.75) is 13.8 Å². The number of hydrogen-bond acceptors (Lipinski definition) is 3. The van der Waals surface area contributed by atoms with Gasteiger partial charge in [-0.25, -0.2) is 4.98 Å². The van der Waals surface area contributed by atoms with Crippen molar-refractivity contribution in [1.82, 2.24) is 9.97 Å². The van der Waals surface area contributed by atoms with Gasteiger partial charge in [0.1, 0.15) is 11.6 Å². The molecule has 0 aliphatic rings. The van der Waals surface area contributed by atoms with Crippen molar-refractivity contribution >= 4 is 0 Å². The Balaban J connectivity index is 2.45. The number of ether oxygens (including phenoxy) is 1. The Hall–Kier alpha value is -2.10. The van der Waals surface area contributed by atoms with Crippen molar-refractivity contribution in [2.24, 2.45) is 0 Å². The summed E-state index contributed by atoms with van der Waals surface area (Å²) in [5, 5.41) is 0. The Morgan fingerprint density at radius 3 is 2.88 bits per heavy atom. The molecule has 0 aliphatic carbocycles. The monoisotopic (exact) mass is 230 g/mol. The molecule has 88 valence electrons. The molecule has 1 heterocycles. The van der Waals surface area contributed by atoms with Gasteiger partial charge in [-0.05, 0) is 26.0 Å². The molecular weight excluding hydrogens is 216 g/mol. The fourth-order valence-electron chi connectivity index (χ4n) is 1.64. The molecule has 0 fully saturated rings. The van der Waals surface area contributed by atoms with Gasteiger partial charge in [0.25, 0.3) is 5.56 Å². The average Bonchev–Trinajstić information content (AvgIpc) is 2.28. The SMILES string of the molecule is CCOc1cccc(-c2cc(=O)[nH]c(C)n2)c1. The van der Waals surface area contributed by atoms with Gasteiger partial charge in [0.05, 0.1) is 12.3 Å². The predicted molar refractivity (Wildman–Crippen MR) is 66.2 cm³/mol. The van der Waals surface area contributed by atoms with Gasteiger partial charge in [0.15, 0.2) is 0 Å². The van der Waals surface area contributed by atoms with Crippen LogP contribution < -0.4 is 10.3 Å². The number of aromatic amines is 1. The number of hydrogen-bond donors (Lipinski definition) is 1. The molecular formula is C13H14N2O2. The quantitative estimate of drug-likeness (QED) is 0.878.